The van der Waals surface area contributed by atoms with Crippen molar-refractivity contribution in [3.05, 3.63) is 68.1 Å². The zero-order valence-electron chi connectivity index (χ0n) is 10.7. The molecule has 2 rings (SSSR count). The Morgan fingerprint density at radius 2 is 1.85 bits per heavy atom. The summed E-state index contributed by atoms with van der Waals surface area (Å²) in [6.45, 7) is 1.88. The number of rotatable bonds is 3. The Balaban J connectivity index is 2.20. The molecule has 1 atom stereocenters. The van der Waals surface area contributed by atoms with Crippen molar-refractivity contribution < 1.29 is 4.79 Å². The second-order valence-corrected chi connectivity index (χ2v) is 5.96. The molecule has 0 bridgehead atoms. The summed E-state index contributed by atoms with van der Waals surface area (Å²) >= 11 is 15.5. The smallest absolute Gasteiger partial charge is 0.253 e. The van der Waals surface area contributed by atoms with Crippen molar-refractivity contribution >= 4 is 45.0 Å². The van der Waals surface area contributed by atoms with Crippen LogP contribution in [0.3, 0.4) is 0 Å². The SMILES string of the molecule is CC(NC(=O)c1cccc(Br)c1Cl)c1ccccc1Cl. The summed E-state index contributed by atoms with van der Waals surface area (Å²) in [5, 5.41) is 3.92. The maximum atomic E-state index is 12.3. The van der Waals surface area contributed by atoms with Crippen LogP contribution in [0, 0.1) is 0 Å². The summed E-state index contributed by atoms with van der Waals surface area (Å²) in [6.07, 6.45) is 0. The van der Waals surface area contributed by atoms with Crippen molar-refractivity contribution in [1.82, 2.24) is 5.32 Å². The van der Waals surface area contributed by atoms with Crippen LogP contribution in [0.15, 0.2) is 46.9 Å². The average molecular weight is 373 g/mol. The van der Waals surface area contributed by atoms with Crippen LogP contribution in [-0.4, -0.2) is 5.91 Å². The van der Waals surface area contributed by atoms with Gasteiger partial charge in [-0.1, -0.05) is 47.5 Å². The molecule has 2 nitrogen and oxygen atoms in total. The Kier molecular flexibility index (Phi) is 5.08. The van der Waals surface area contributed by atoms with Crippen molar-refractivity contribution in [2.75, 3.05) is 0 Å². The predicted octanol–water partition coefficient (Wildman–Crippen LogP) is 5.25. The lowest BCUT2D eigenvalue weighted by atomic mass is 10.1. The average Bonchev–Trinajstić information content (AvgIpc) is 2.42. The largest absolute Gasteiger partial charge is 0.345 e. The molecule has 0 saturated carbocycles. The van der Waals surface area contributed by atoms with Crippen LogP contribution in [0.4, 0.5) is 0 Å². The van der Waals surface area contributed by atoms with Crippen LogP contribution in [0.1, 0.15) is 28.9 Å². The topological polar surface area (TPSA) is 29.1 Å². The third kappa shape index (κ3) is 3.35. The van der Waals surface area contributed by atoms with Gasteiger partial charge >= 0.3 is 0 Å². The summed E-state index contributed by atoms with van der Waals surface area (Å²) in [5.41, 5.74) is 1.30. The molecule has 0 aliphatic carbocycles. The standard InChI is InChI=1S/C15H12BrCl2NO/c1-9(10-5-2-3-8-13(10)17)19-15(20)11-6-4-7-12(16)14(11)18/h2-9H,1H3,(H,19,20). The van der Waals surface area contributed by atoms with Crippen molar-refractivity contribution in [3.8, 4) is 0 Å². The molecule has 0 radical (unpaired) electrons. The van der Waals surface area contributed by atoms with Crippen molar-refractivity contribution in [1.29, 1.82) is 0 Å². The lowest BCUT2D eigenvalue weighted by molar-refractivity contribution is 0.0940. The van der Waals surface area contributed by atoms with Gasteiger partial charge in [0.25, 0.3) is 5.91 Å². The normalized spacial score (nSPS) is 12.0. The second kappa shape index (κ2) is 6.61. The van der Waals surface area contributed by atoms with E-state index in [0.717, 1.165) is 5.56 Å². The van der Waals surface area contributed by atoms with Gasteiger partial charge in [-0.2, -0.15) is 0 Å². The lowest BCUT2D eigenvalue weighted by Crippen LogP contribution is -2.27. The first-order valence-corrected chi connectivity index (χ1v) is 7.55. The van der Waals surface area contributed by atoms with Crippen LogP contribution in [-0.2, 0) is 0 Å². The molecule has 0 aliphatic heterocycles. The maximum absolute atomic E-state index is 12.3. The summed E-state index contributed by atoms with van der Waals surface area (Å²) in [6, 6.07) is 12.5. The fourth-order valence-electron chi connectivity index (χ4n) is 1.86. The second-order valence-electron chi connectivity index (χ2n) is 4.32. The Labute approximate surface area is 136 Å². The number of hydrogen-bond donors (Lipinski definition) is 1. The first kappa shape index (κ1) is 15.4. The van der Waals surface area contributed by atoms with Gasteiger partial charge < -0.3 is 5.32 Å². The number of carbonyl (C=O) groups is 1. The first-order valence-electron chi connectivity index (χ1n) is 6.00. The Bertz CT molecular complexity index is 646. The van der Waals surface area contributed by atoms with E-state index >= 15 is 0 Å². The molecule has 0 heterocycles. The summed E-state index contributed by atoms with van der Waals surface area (Å²) < 4.78 is 0.692. The van der Waals surface area contributed by atoms with Crippen molar-refractivity contribution in [2.24, 2.45) is 0 Å². The highest BCUT2D eigenvalue weighted by Gasteiger charge is 2.16. The van der Waals surface area contributed by atoms with Crippen LogP contribution in [0.2, 0.25) is 10.0 Å². The molecule has 5 heteroatoms. The molecule has 0 saturated heterocycles. The van der Waals surface area contributed by atoms with E-state index in [9.17, 15) is 4.79 Å². The molecule has 104 valence electrons. The monoisotopic (exact) mass is 371 g/mol. The molecule has 1 amide bonds. The Hall–Kier alpha value is -1.03. The van der Waals surface area contributed by atoms with E-state index in [-0.39, 0.29) is 11.9 Å². The van der Waals surface area contributed by atoms with Crippen LogP contribution in [0.25, 0.3) is 0 Å². The molecule has 2 aromatic carbocycles. The zero-order valence-corrected chi connectivity index (χ0v) is 13.8. The molecule has 0 fully saturated rings. The van der Waals surface area contributed by atoms with E-state index in [1.807, 2.05) is 25.1 Å². The van der Waals surface area contributed by atoms with Gasteiger partial charge in [0.15, 0.2) is 0 Å². The molecule has 0 aliphatic rings. The van der Waals surface area contributed by atoms with Gasteiger partial charge in [-0.15, -0.1) is 0 Å². The molecular weight excluding hydrogens is 361 g/mol. The van der Waals surface area contributed by atoms with Crippen molar-refractivity contribution in [3.63, 3.8) is 0 Å². The quantitative estimate of drug-likeness (QED) is 0.783. The fraction of sp³-hybridized carbons (Fsp3) is 0.133. The molecule has 1 unspecified atom stereocenters. The van der Waals surface area contributed by atoms with E-state index in [0.29, 0.717) is 20.1 Å². The molecule has 0 aromatic heterocycles. The number of carbonyl (C=O) groups excluding carboxylic acids is 1. The van der Waals surface area contributed by atoms with Gasteiger partial charge in [0.05, 0.1) is 16.6 Å². The summed E-state index contributed by atoms with van der Waals surface area (Å²) in [4.78, 5) is 12.3. The highest BCUT2D eigenvalue weighted by molar-refractivity contribution is 9.10. The molecule has 20 heavy (non-hydrogen) atoms. The van der Waals surface area contributed by atoms with E-state index in [1.54, 1.807) is 24.3 Å². The lowest BCUT2D eigenvalue weighted by Gasteiger charge is -2.16. The first-order chi connectivity index (χ1) is 9.50. The third-order valence-electron chi connectivity index (χ3n) is 2.92. The molecule has 0 spiro atoms. The predicted molar refractivity (Wildman–Crippen MR) is 86.5 cm³/mol. The highest BCUT2D eigenvalue weighted by atomic mass is 79.9. The van der Waals surface area contributed by atoms with Crippen LogP contribution < -0.4 is 5.32 Å². The van der Waals surface area contributed by atoms with Gasteiger partial charge in [-0.05, 0) is 46.6 Å². The number of halogens is 3. The number of nitrogens with one attached hydrogen (secondary N) is 1. The molecular formula is C15H12BrCl2NO. The van der Waals surface area contributed by atoms with Gasteiger partial charge in [0.2, 0.25) is 0 Å². The van der Waals surface area contributed by atoms with Crippen LogP contribution in [0.5, 0.6) is 0 Å². The number of hydrogen-bond acceptors (Lipinski definition) is 1. The minimum Gasteiger partial charge on any atom is -0.345 e. The minimum absolute atomic E-state index is 0.203. The zero-order chi connectivity index (χ0) is 14.7. The Morgan fingerprint density at radius 1 is 1.15 bits per heavy atom. The van der Waals surface area contributed by atoms with Crippen LogP contribution >= 0.6 is 39.1 Å². The molecule has 1 N–H and O–H groups in total. The van der Waals surface area contributed by atoms with E-state index in [2.05, 4.69) is 21.2 Å². The maximum Gasteiger partial charge on any atom is 0.253 e. The Morgan fingerprint density at radius 3 is 2.55 bits per heavy atom. The van der Waals surface area contributed by atoms with E-state index in [4.69, 9.17) is 23.2 Å². The highest BCUT2D eigenvalue weighted by Crippen LogP contribution is 2.27. The van der Waals surface area contributed by atoms with Gasteiger partial charge in [-0.3, -0.25) is 4.79 Å². The third-order valence-corrected chi connectivity index (χ3v) is 4.56. The molecule has 2 aromatic rings. The van der Waals surface area contributed by atoms with E-state index < -0.39 is 0 Å². The number of benzene rings is 2. The fourth-order valence-corrected chi connectivity index (χ4v) is 2.73. The number of amides is 1. The van der Waals surface area contributed by atoms with Gasteiger partial charge in [0, 0.05) is 9.50 Å². The van der Waals surface area contributed by atoms with Crippen molar-refractivity contribution in [2.45, 2.75) is 13.0 Å². The summed E-state index contributed by atoms with van der Waals surface area (Å²) in [7, 11) is 0. The van der Waals surface area contributed by atoms with Gasteiger partial charge in [0.1, 0.15) is 0 Å². The van der Waals surface area contributed by atoms with E-state index in [1.165, 1.54) is 0 Å². The summed E-state index contributed by atoms with van der Waals surface area (Å²) in [5.74, 6) is -0.233. The minimum atomic E-state index is -0.233. The van der Waals surface area contributed by atoms with Gasteiger partial charge in [-0.25, -0.2) is 0 Å².